The van der Waals surface area contributed by atoms with E-state index in [0.717, 1.165) is 45.1 Å². The zero-order valence-electron chi connectivity index (χ0n) is 10.7. The van der Waals surface area contributed by atoms with E-state index in [2.05, 4.69) is 10.2 Å². The van der Waals surface area contributed by atoms with Crippen molar-refractivity contribution < 1.29 is 9.90 Å². The number of halogens is 1. The summed E-state index contributed by atoms with van der Waals surface area (Å²) < 4.78 is 0. The van der Waals surface area contributed by atoms with Crippen molar-refractivity contribution >= 4 is 18.3 Å². The van der Waals surface area contributed by atoms with Gasteiger partial charge in [-0.15, -0.1) is 12.4 Å². The molecule has 2 bridgehead atoms. The van der Waals surface area contributed by atoms with Gasteiger partial charge in [0.05, 0.1) is 12.1 Å². The SMILES string of the molecule is Cl.O=C(C1CCCCN1)N1C2CCC1CC(O)C2. The predicted octanol–water partition coefficient (Wildman–Crippen LogP) is 1.06. The molecule has 18 heavy (non-hydrogen) atoms. The molecule has 0 aromatic carbocycles. The lowest BCUT2D eigenvalue weighted by molar-refractivity contribution is -0.140. The molecule has 3 heterocycles. The van der Waals surface area contributed by atoms with Crippen molar-refractivity contribution in [2.75, 3.05) is 6.54 Å². The Morgan fingerprint density at radius 3 is 2.33 bits per heavy atom. The number of carbonyl (C=O) groups is 1. The van der Waals surface area contributed by atoms with Gasteiger partial charge in [0, 0.05) is 12.1 Å². The second kappa shape index (κ2) is 5.76. The summed E-state index contributed by atoms with van der Waals surface area (Å²) in [6.07, 6.45) is 6.89. The molecule has 104 valence electrons. The van der Waals surface area contributed by atoms with E-state index in [1.807, 2.05) is 0 Å². The fourth-order valence-electron chi connectivity index (χ4n) is 3.75. The third-order valence-corrected chi connectivity index (χ3v) is 4.57. The summed E-state index contributed by atoms with van der Waals surface area (Å²) in [4.78, 5) is 14.6. The van der Waals surface area contributed by atoms with Crippen molar-refractivity contribution in [3.63, 3.8) is 0 Å². The Morgan fingerprint density at radius 2 is 1.78 bits per heavy atom. The first kappa shape index (κ1) is 14.1. The lowest BCUT2D eigenvalue weighted by atomic mass is 9.97. The molecule has 3 fully saturated rings. The number of nitrogens with zero attached hydrogens (tertiary/aromatic N) is 1. The van der Waals surface area contributed by atoms with Gasteiger partial charge in [0.2, 0.25) is 5.91 Å². The number of piperidine rings is 2. The van der Waals surface area contributed by atoms with E-state index in [1.54, 1.807) is 0 Å². The summed E-state index contributed by atoms with van der Waals surface area (Å²) in [5.74, 6) is 0.295. The molecule has 0 saturated carbocycles. The minimum absolute atomic E-state index is 0. The van der Waals surface area contributed by atoms with Gasteiger partial charge < -0.3 is 15.3 Å². The molecule has 3 saturated heterocycles. The molecule has 2 N–H and O–H groups in total. The number of rotatable bonds is 1. The number of amides is 1. The topological polar surface area (TPSA) is 52.6 Å². The number of aliphatic hydroxyl groups excluding tert-OH is 1. The van der Waals surface area contributed by atoms with E-state index in [4.69, 9.17) is 0 Å². The molecule has 3 unspecified atom stereocenters. The standard InChI is InChI=1S/C13H22N2O2.ClH/c16-11-7-9-4-5-10(8-11)15(9)13(17)12-3-1-2-6-14-12;/h9-12,14,16H,1-8H2;1H. The number of carbonyl (C=O) groups excluding carboxylic acids is 1. The summed E-state index contributed by atoms with van der Waals surface area (Å²) >= 11 is 0. The second-order valence-electron chi connectivity index (χ2n) is 5.76. The van der Waals surface area contributed by atoms with Crippen LogP contribution in [0.25, 0.3) is 0 Å². The average molecular weight is 275 g/mol. The minimum Gasteiger partial charge on any atom is -0.393 e. The summed E-state index contributed by atoms with van der Waals surface area (Å²) in [6.45, 7) is 0.974. The van der Waals surface area contributed by atoms with E-state index < -0.39 is 0 Å². The van der Waals surface area contributed by atoms with Gasteiger partial charge in [0.15, 0.2) is 0 Å². The van der Waals surface area contributed by atoms with Gasteiger partial charge in [0.1, 0.15) is 0 Å². The Kier molecular flexibility index (Phi) is 4.51. The van der Waals surface area contributed by atoms with Crippen molar-refractivity contribution in [2.45, 2.75) is 69.2 Å². The normalized spacial score (nSPS) is 39.3. The molecular weight excluding hydrogens is 252 g/mol. The van der Waals surface area contributed by atoms with Crippen LogP contribution >= 0.6 is 12.4 Å². The van der Waals surface area contributed by atoms with Crippen LogP contribution in [0.1, 0.15) is 44.9 Å². The number of hydrogen-bond acceptors (Lipinski definition) is 3. The molecule has 0 spiro atoms. The van der Waals surface area contributed by atoms with Crippen LogP contribution in [-0.2, 0) is 4.79 Å². The molecule has 3 aliphatic rings. The third kappa shape index (κ3) is 2.51. The van der Waals surface area contributed by atoms with Gasteiger partial charge in [-0.2, -0.15) is 0 Å². The van der Waals surface area contributed by atoms with Crippen LogP contribution < -0.4 is 5.32 Å². The van der Waals surface area contributed by atoms with Crippen molar-refractivity contribution in [2.24, 2.45) is 0 Å². The highest BCUT2D eigenvalue weighted by molar-refractivity contribution is 5.85. The highest BCUT2D eigenvalue weighted by atomic mass is 35.5. The lowest BCUT2D eigenvalue weighted by Crippen LogP contribution is -2.55. The minimum atomic E-state index is -0.184. The van der Waals surface area contributed by atoms with Gasteiger partial charge in [-0.25, -0.2) is 0 Å². The smallest absolute Gasteiger partial charge is 0.240 e. The highest BCUT2D eigenvalue weighted by Gasteiger charge is 2.44. The van der Waals surface area contributed by atoms with E-state index in [-0.39, 0.29) is 24.6 Å². The van der Waals surface area contributed by atoms with Crippen LogP contribution in [0.2, 0.25) is 0 Å². The molecule has 0 aromatic heterocycles. The molecule has 0 aromatic rings. The van der Waals surface area contributed by atoms with Crippen molar-refractivity contribution in [3.05, 3.63) is 0 Å². The molecule has 3 atom stereocenters. The Hall–Kier alpha value is -0.320. The Labute approximate surface area is 115 Å². The van der Waals surface area contributed by atoms with Crippen LogP contribution in [0.15, 0.2) is 0 Å². The molecule has 4 nitrogen and oxygen atoms in total. The Morgan fingerprint density at radius 1 is 1.11 bits per heavy atom. The maximum Gasteiger partial charge on any atom is 0.240 e. The van der Waals surface area contributed by atoms with Crippen molar-refractivity contribution in [1.82, 2.24) is 10.2 Å². The van der Waals surface area contributed by atoms with Crippen LogP contribution in [0.3, 0.4) is 0 Å². The first-order valence-corrected chi connectivity index (χ1v) is 6.99. The number of aliphatic hydroxyl groups is 1. The van der Waals surface area contributed by atoms with E-state index in [0.29, 0.717) is 18.0 Å². The first-order valence-electron chi connectivity index (χ1n) is 6.99. The van der Waals surface area contributed by atoms with Gasteiger partial charge >= 0.3 is 0 Å². The zero-order valence-corrected chi connectivity index (χ0v) is 11.5. The zero-order chi connectivity index (χ0) is 11.8. The third-order valence-electron chi connectivity index (χ3n) is 4.57. The second-order valence-corrected chi connectivity index (χ2v) is 5.76. The predicted molar refractivity (Wildman–Crippen MR) is 71.8 cm³/mol. The molecule has 3 rings (SSSR count). The van der Waals surface area contributed by atoms with Gasteiger partial charge in [-0.05, 0) is 45.1 Å². The fourth-order valence-corrected chi connectivity index (χ4v) is 3.75. The fraction of sp³-hybridized carbons (Fsp3) is 0.923. The summed E-state index contributed by atoms with van der Waals surface area (Å²) in [7, 11) is 0. The molecule has 0 aliphatic carbocycles. The maximum absolute atomic E-state index is 12.5. The van der Waals surface area contributed by atoms with Gasteiger partial charge in [0.25, 0.3) is 0 Å². The largest absolute Gasteiger partial charge is 0.393 e. The Bertz CT molecular complexity index is 293. The van der Waals surface area contributed by atoms with Crippen LogP contribution in [0.4, 0.5) is 0 Å². The summed E-state index contributed by atoms with van der Waals surface area (Å²) in [6, 6.07) is 0.655. The first-order chi connectivity index (χ1) is 8.25. The highest BCUT2D eigenvalue weighted by Crippen LogP contribution is 2.36. The average Bonchev–Trinajstić information content (AvgIpc) is 2.62. The van der Waals surface area contributed by atoms with Crippen LogP contribution in [0, 0.1) is 0 Å². The summed E-state index contributed by atoms with van der Waals surface area (Å²) in [5.41, 5.74) is 0. The van der Waals surface area contributed by atoms with E-state index in [1.165, 1.54) is 6.42 Å². The van der Waals surface area contributed by atoms with Crippen LogP contribution in [-0.4, -0.2) is 46.7 Å². The molecular formula is C13H23ClN2O2. The number of nitrogens with one attached hydrogen (secondary N) is 1. The molecule has 3 aliphatic heterocycles. The van der Waals surface area contributed by atoms with Crippen LogP contribution in [0.5, 0.6) is 0 Å². The lowest BCUT2D eigenvalue weighted by Gasteiger charge is -2.40. The van der Waals surface area contributed by atoms with Crippen molar-refractivity contribution in [1.29, 1.82) is 0 Å². The molecule has 0 radical (unpaired) electrons. The Balaban J connectivity index is 0.00000120. The van der Waals surface area contributed by atoms with Gasteiger partial charge in [-0.3, -0.25) is 4.79 Å². The molecule has 1 amide bonds. The number of hydrogen-bond donors (Lipinski definition) is 2. The summed E-state index contributed by atoms with van der Waals surface area (Å²) in [5, 5.41) is 13.1. The van der Waals surface area contributed by atoms with Gasteiger partial charge in [-0.1, -0.05) is 6.42 Å². The maximum atomic E-state index is 12.5. The molecule has 5 heteroatoms. The van der Waals surface area contributed by atoms with Crippen molar-refractivity contribution in [3.8, 4) is 0 Å². The number of fused-ring (bicyclic) bond motifs is 2. The van der Waals surface area contributed by atoms with E-state index >= 15 is 0 Å². The monoisotopic (exact) mass is 274 g/mol. The van der Waals surface area contributed by atoms with E-state index in [9.17, 15) is 9.90 Å². The quantitative estimate of drug-likeness (QED) is 0.752.